The molecule has 0 unspecified atom stereocenters. The Bertz CT molecular complexity index is 1710. The molecule has 6 rings (SSSR count). The van der Waals surface area contributed by atoms with E-state index in [1.807, 2.05) is 15.7 Å². The number of aromatic nitrogens is 7. The Balaban J connectivity index is 1.17. The lowest BCUT2D eigenvalue weighted by atomic mass is 9.90. The van der Waals surface area contributed by atoms with Gasteiger partial charge in [0, 0.05) is 30.7 Å². The molecule has 0 bridgehead atoms. The first kappa shape index (κ1) is 30.8. The van der Waals surface area contributed by atoms with Gasteiger partial charge in [0.15, 0.2) is 5.82 Å². The minimum atomic E-state index is -4.65. The van der Waals surface area contributed by atoms with E-state index in [0.717, 1.165) is 12.2 Å². The fourth-order valence-electron chi connectivity index (χ4n) is 5.53. The van der Waals surface area contributed by atoms with E-state index in [9.17, 15) is 22.7 Å². The highest BCUT2D eigenvalue weighted by Crippen LogP contribution is 2.31. The molecule has 45 heavy (non-hydrogen) atoms. The number of aliphatic hydroxyl groups is 1. The average molecular weight is 629 g/mol. The first-order valence-electron chi connectivity index (χ1n) is 14.6. The van der Waals surface area contributed by atoms with Gasteiger partial charge in [0.05, 0.1) is 48.2 Å². The van der Waals surface area contributed by atoms with Crippen LogP contribution in [-0.4, -0.2) is 83.2 Å². The van der Waals surface area contributed by atoms with Crippen LogP contribution in [0.3, 0.4) is 0 Å². The number of aromatic amines is 1. The number of imidazole rings is 1. The SMILES string of the molecule is C=C(F)/C(=C\C)COc1cccc([C@@H]2CCN(Cc3nc4cc(-c5n[nH]c(C(F)(F)F)n5)ncc4n3C[C@@H]3CCO3)C[C@H]2O)n1. The maximum absolute atomic E-state index is 13.5. The van der Waals surface area contributed by atoms with Crippen LogP contribution >= 0.6 is 0 Å². The molecule has 0 radical (unpaired) electrons. The third kappa shape index (κ3) is 6.74. The Kier molecular flexibility index (Phi) is 8.66. The number of H-pyrrole nitrogens is 1. The molecule has 2 fully saturated rings. The second-order valence-electron chi connectivity index (χ2n) is 11.1. The van der Waals surface area contributed by atoms with Crippen molar-refractivity contribution in [2.45, 2.75) is 57.2 Å². The summed E-state index contributed by atoms with van der Waals surface area (Å²) >= 11 is 0. The summed E-state index contributed by atoms with van der Waals surface area (Å²) < 4.78 is 66.0. The summed E-state index contributed by atoms with van der Waals surface area (Å²) in [6.07, 6.45) is -0.657. The van der Waals surface area contributed by atoms with E-state index in [1.54, 1.807) is 37.4 Å². The molecule has 2 aliphatic heterocycles. The Morgan fingerprint density at radius 1 is 1.24 bits per heavy atom. The standard InChI is InChI=1S/C30H32F4N8O3/c1-3-18(17(2)31)16-45-27-6-4-5-21(37-27)20-7-9-41(14-25(20)43)15-26-36-22-11-23(28-38-29(40-39-28)30(32,33)34)35-12-24(22)42(26)13-19-8-10-44-19/h3-6,11-12,19-20,25,43H,2,7-10,13-16H2,1H3,(H,38,39,40)/b18-3-/t19-,20-,25+/m0/s1. The van der Waals surface area contributed by atoms with E-state index >= 15 is 0 Å². The number of halogens is 4. The van der Waals surface area contributed by atoms with Crippen LogP contribution in [0.2, 0.25) is 0 Å². The molecule has 0 saturated carbocycles. The minimum Gasteiger partial charge on any atom is -0.473 e. The van der Waals surface area contributed by atoms with E-state index in [2.05, 4.69) is 31.5 Å². The molecule has 0 amide bonds. The maximum atomic E-state index is 13.5. The van der Waals surface area contributed by atoms with Crippen LogP contribution in [0, 0.1) is 0 Å². The summed E-state index contributed by atoms with van der Waals surface area (Å²) in [7, 11) is 0. The van der Waals surface area contributed by atoms with Gasteiger partial charge in [0.1, 0.15) is 24.0 Å². The van der Waals surface area contributed by atoms with Gasteiger partial charge in [0.2, 0.25) is 11.7 Å². The number of β-amino-alcohol motifs (C(OH)–C–C–N with tert-alkyl or cyclic N) is 1. The third-order valence-corrected chi connectivity index (χ3v) is 8.10. The molecule has 15 heteroatoms. The van der Waals surface area contributed by atoms with Gasteiger partial charge in [-0.1, -0.05) is 18.7 Å². The van der Waals surface area contributed by atoms with Crippen molar-refractivity contribution >= 4 is 11.0 Å². The Labute approximate surface area is 255 Å². The van der Waals surface area contributed by atoms with Crippen LogP contribution < -0.4 is 4.74 Å². The molecule has 0 spiro atoms. The van der Waals surface area contributed by atoms with Gasteiger partial charge >= 0.3 is 6.18 Å². The van der Waals surface area contributed by atoms with Crippen LogP contribution in [0.4, 0.5) is 17.6 Å². The van der Waals surface area contributed by atoms with Gasteiger partial charge in [0.25, 0.3) is 0 Å². The molecule has 2 saturated heterocycles. The van der Waals surface area contributed by atoms with E-state index in [0.29, 0.717) is 67.4 Å². The van der Waals surface area contributed by atoms with Gasteiger partial charge in [-0.2, -0.15) is 18.3 Å². The Hall–Kier alpha value is -4.21. The lowest BCUT2D eigenvalue weighted by Crippen LogP contribution is -2.43. The van der Waals surface area contributed by atoms with Gasteiger partial charge in [-0.15, -0.1) is 0 Å². The zero-order valence-corrected chi connectivity index (χ0v) is 24.5. The number of hydrogen-bond acceptors (Lipinski definition) is 9. The van der Waals surface area contributed by atoms with Crippen LogP contribution in [0.5, 0.6) is 5.88 Å². The van der Waals surface area contributed by atoms with E-state index < -0.39 is 23.9 Å². The topological polar surface area (TPSA) is 127 Å². The molecule has 0 aliphatic carbocycles. The molecule has 0 aromatic carbocycles. The molecular formula is C30H32F4N8O3. The number of likely N-dealkylation sites (tertiary alicyclic amines) is 1. The molecule has 3 atom stereocenters. The van der Waals surface area contributed by atoms with Crippen LogP contribution in [0.25, 0.3) is 22.6 Å². The number of fused-ring (bicyclic) bond motifs is 1. The molecule has 4 aromatic heterocycles. The summed E-state index contributed by atoms with van der Waals surface area (Å²) in [5, 5.41) is 16.8. The predicted octanol–water partition coefficient (Wildman–Crippen LogP) is 4.58. The third-order valence-electron chi connectivity index (χ3n) is 8.10. The average Bonchev–Trinajstić information content (AvgIpc) is 3.60. The number of ether oxygens (including phenoxy) is 2. The normalized spacial score (nSPS) is 21.2. The van der Waals surface area contributed by atoms with Crippen molar-refractivity contribution in [1.82, 2.24) is 39.6 Å². The van der Waals surface area contributed by atoms with E-state index in [4.69, 9.17) is 14.5 Å². The number of aliphatic hydroxyl groups excluding tert-OH is 1. The molecular weight excluding hydrogens is 596 g/mol. The van der Waals surface area contributed by atoms with E-state index in [-0.39, 0.29) is 30.1 Å². The summed E-state index contributed by atoms with van der Waals surface area (Å²) in [5.74, 6) is -1.10. The monoisotopic (exact) mass is 628 g/mol. The first-order chi connectivity index (χ1) is 21.6. The number of pyridine rings is 2. The van der Waals surface area contributed by atoms with Crippen molar-refractivity contribution < 1.29 is 32.1 Å². The molecule has 4 aromatic rings. The number of hydrogen-bond donors (Lipinski definition) is 2. The predicted molar refractivity (Wildman–Crippen MR) is 155 cm³/mol. The van der Waals surface area contributed by atoms with E-state index in [1.165, 1.54) is 0 Å². The number of rotatable bonds is 10. The number of alkyl halides is 3. The van der Waals surface area contributed by atoms with Crippen molar-refractivity contribution in [1.29, 1.82) is 0 Å². The van der Waals surface area contributed by atoms with Crippen molar-refractivity contribution in [2.24, 2.45) is 0 Å². The fraction of sp³-hybridized carbons (Fsp3) is 0.433. The zero-order chi connectivity index (χ0) is 31.7. The quantitative estimate of drug-likeness (QED) is 0.192. The molecule has 11 nitrogen and oxygen atoms in total. The molecule has 6 heterocycles. The van der Waals surface area contributed by atoms with Crippen LogP contribution in [0.1, 0.15) is 43.0 Å². The Morgan fingerprint density at radius 2 is 2.07 bits per heavy atom. The van der Waals surface area contributed by atoms with Crippen LogP contribution in [-0.2, 0) is 24.0 Å². The number of nitrogens with one attached hydrogen (secondary N) is 1. The maximum Gasteiger partial charge on any atom is 0.451 e. The highest BCUT2D eigenvalue weighted by molar-refractivity contribution is 5.78. The second kappa shape index (κ2) is 12.7. The highest BCUT2D eigenvalue weighted by atomic mass is 19.4. The molecule has 2 aliphatic rings. The number of nitrogens with zero attached hydrogens (tertiary/aromatic N) is 7. The smallest absolute Gasteiger partial charge is 0.451 e. The number of piperidine rings is 1. The highest BCUT2D eigenvalue weighted by Gasteiger charge is 2.36. The van der Waals surface area contributed by atoms with Crippen molar-refractivity contribution in [3.63, 3.8) is 0 Å². The van der Waals surface area contributed by atoms with Gasteiger partial charge in [-0.25, -0.2) is 19.3 Å². The van der Waals surface area contributed by atoms with Gasteiger partial charge in [-0.05, 0) is 38.4 Å². The Morgan fingerprint density at radius 3 is 2.73 bits per heavy atom. The minimum absolute atomic E-state index is 0.00000419. The van der Waals surface area contributed by atoms with Crippen molar-refractivity contribution in [2.75, 3.05) is 26.3 Å². The summed E-state index contributed by atoms with van der Waals surface area (Å²) in [4.78, 5) is 19.4. The largest absolute Gasteiger partial charge is 0.473 e. The fourth-order valence-corrected chi connectivity index (χ4v) is 5.53. The van der Waals surface area contributed by atoms with Crippen molar-refractivity contribution in [3.8, 4) is 17.4 Å². The van der Waals surface area contributed by atoms with Crippen LogP contribution in [0.15, 0.2) is 54.5 Å². The number of allylic oxidation sites excluding steroid dienone is 1. The summed E-state index contributed by atoms with van der Waals surface area (Å²) in [5.41, 5.74) is 2.45. The van der Waals surface area contributed by atoms with Gasteiger partial charge in [-0.3, -0.25) is 15.0 Å². The zero-order valence-electron chi connectivity index (χ0n) is 24.5. The lowest BCUT2D eigenvalue weighted by Gasteiger charge is -2.35. The second-order valence-corrected chi connectivity index (χ2v) is 11.1. The van der Waals surface area contributed by atoms with Gasteiger partial charge < -0.3 is 19.1 Å². The summed E-state index contributed by atoms with van der Waals surface area (Å²) in [6.45, 7) is 7.70. The molecule has 2 N–H and O–H groups in total. The summed E-state index contributed by atoms with van der Waals surface area (Å²) in [6, 6.07) is 6.90. The lowest BCUT2D eigenvalue weighted by molar-refractivity contribution is -0.144. The first-order valence-corrected chi connectivity index (χ1v) is 14.6. The molecule has 238 valence electrons. The van der Waals surface area contributed by atoms with Crippen molar-refractivity contribution in [3.05, 3.63) is 71.9 Å².